The predicted molar refractivity (Wildman–Crippen MR) is 126 cm³/mol. The van der Waals surface area contributed by atoms with Gasteiger partial charge in [0, 0.05) is 11.6 Å². The molecule has 2 fully saturated rings. The fourth-order valence-electron chi connectivity index (χ4n) is 4.77. The van der Waals surface area contributed by atoms with Gasteiger partial charge in [0.2, 0.25) is 0 Å². The molecule has 1 aliphatic heterocycles. The molecule has 1 unspecified atom stereocenters. The molecule has 1 saturated heterocycles. The van der Waals surface area contributed by atoms with E-state index in [4.69, 9.17) is 9.47 Å². The molecule has 2 aromatic rings. The number of hydrogen-bond acceptors (Lipinski definition) is 5. The first kappa shape index (κ1) is 22.9. The standard InChI is InChI=1S/C27H31NO5/c1-4-32-21-13-11-19(12-14-21)25(29)23-24(18-9-15-22(16-10-18)33-17(2)3)28(27(31)26(23)30)20-7-5-6-8-20/h9-17,20,24,29H,4-8H2,1-3H3/b25-23-. The van der Waals surface area contributed by atoms with E-state index in [9.17, 15) is 14.7 Å². The van der Waals surface area contributed by atoms with Crippen molar-refractivity contribution in [3.8, 4) is 11.5 Å². The molecule has 1 saturated carbocycles. The topological polar surface area (TPSA) is 76.1 Å². The summed E-state index contributed by atoms with van der Waals surface area (Å²) >= 11 is 0. The molecule has 33 heavy (non-hydrogen) atoms. The van der Waals surface area contributed by atoms with Gasteiger partial charge in [-0.1, -0.05) is 25.0 Å². The Bertz CT molecular complexity index is 1030. The Morgan fingerprint density at radius 3 is 2.18 bits per heavy atom. The van der Waals surface area contributed by atoms with E-state index in [2.05, 4.69) is 0 Å². The number of carbonyl (C=O) groups excluding carboxylic acids is 2. The fraction of sp³-hybridized carbons (Fsp3) is 0.407. The highest BCUT2D eigenvalue weighted by Gasteiger charge is 2.49. The normalized spacial score (nSPS) is 20.6. The molecule has 1 aliphatic carbocycles. The molecular formula is C27H31NO5. The lowest BCUT2D eigenvalue weighted by Gasteiger charge is -2.31. The van der Waals surface area contributed by atoms with Gasteiger partial charge in [0.1, 0.15) is 17.3 Å². The Kier molecular flexibility index (Phi) is 6.72. The van der Waals surface area contributed by atoms with Crippen molar-refractivity contribution in [2.24, 2.45) is 0 Å². The van der Waals surface area contributed by atoms with Crippen LogP contribution in [0.5, 0.6) is 11.5 Å². The van der Waals surface area contributed by atoms with Gasteiger partial charge in [0.05, 0.1) is 24.3 Å². The minimum Gasteiger partial charge on any atom is -0.507 e. The Labute approximate surface area is 194 Å². The summed E-state index contributed by atoms with van der Waals surface area (Å²) in [4.78, 5) is 28.0. The van der Waals surface area contributed by atoms with E-state index in [1.54, 1.807) is 29.2 Å². The number of aliphatic hydroxyl groups excluding tert-OH is 1. The van der Waals surface area contributed by atoms with E-state index in [0.29, 0.717) is 17.9 Å². The highest BCUT2D eigenvalue weighted by Crippen LogP contribution is 2.43. The molecular weight excluding hydrogens is 418 g/mol. The van der Waals surface area contributed by atoms with Crippen LogP contribution >= 0.6 is 0 Å². The largest absolute Gasteiger partial charge is 0.507 e. The molecule has 0 aromatic heterocycles. The van der Waals surface area contributed by atoms with E-state index < -0.39 is 17.7 Å². The van der Waals surface area contributed by atoms with Crippen LogP contribution in [0.15, 0.2) is 54.1 Å². The number of aliphatic hydroxyl groups is 1. The number of rotatable bonds is 7. The zero-order chi connectivity index (χ0) is 23.5. The molecule has 4 rings (SSSR count). The maximum Gasteiger partial charge on any atom is 0.295 e. The number of hydrogen-bond donors (Lipinski definition) is 1. The molecule has 1 heterocycles. The van der Waals surface area contributed by atoms with Crippen molar-refractivity contribution >= 4 is 17.4 Å². The number of ether oxygens (including phenoxy) is 2. The van der Waals surface area contributed by atoms with Crippen molar-refractivity contribution in [3.63, 3.8) is 0 Å². The summed E-state index contributed by atoms with van der Waals surface area (Å²) in [6, 6.07) is 13.7. The third-order valence-electron chi connectivity index (χ3n) is 6.20. The van der Waals surface area contributed by atoms with Crippen LogP contribution in [0.2, 0.25) is 0 Å². The molecule has 2 aliphatic rings. The summed E-state index contributed by atoms with van der Waals surface area (Å²) in [6.45, 7) is 6.35. The van der Waals surface area contributed by atoms with Crippen LogP contribution in [0.1, 0.15) is 63.6 Å². The lowest BCUT2D eigenvalue weighted by molar-refractivity contribution is -0.141. The van der Waals surface area contributed by atoms with E-state index in [0.717, 1.165) is 37.0 Å². The molecule has 6 nitrogen and oxygen atoms in total. The monoisotopic (exact) mass is 449 g/mol. The number of likely N-dealkylation sites (tertiary alicyclic amines) is 1. The van der Waals surface area contributed by atoms with Crippen molar-refractivity contribution < 1.29 is 24.2 Å². The molecule has 6 heteroatoms. The quantitative estimate of drug-likeness (QED) is 0.356. The summed E-state index contributed by atoms with van der Waals surface area (Å²) in [7, 11) is 0. The van der Waals surface area contributed by atoms with Gasteiger partial charge in [0.15, 0.2) is 0 Å². The minimum atomic E-state index is -0.638. The van der Waals surface area contributed by atoms with Crippen molar-refractivity contribution in [3.05, 3.63) is 65.2 Å². The first-order chi connectivity index (χ1) is 15.9. The van der Waals surface area contributed by atoms with Gasteiger partial charge in [-0.05, 0) is 75.6 Å². The lowest BCUT2D eigenvalue weighted by Crippen LogP contribution is -2.37. The van der Waals surface area contributed by atoms with Crippen LogP contribution in [-0.2, 0) is 9.59 Å². The van der Waals surface area contributed by atoms with Crippen LogP contribution in [0, 0.1) is 0 Å². The van der Waals surface area contributed by atoms with Crippen molar-refractivity contribution in [2.75, 3.05) is 6.61 Å². The smallest absolute Gasteiger partial charge is 0.295 e. The van der Waals surface area contributed by atoms with E-state index >= 15 is 0 Å². The summed E-state index contributed by atoms with van der Waals surface area (Å²) < 4.78 is 11.2. The summed E-state index contributed by atoms with van der Waals surface area (Å²) in [5.41, 5.74) is 1.39. The van der Waals surface area contributed by atoms with Gasteiger partial charge in [-0.25, -0.2) is 0 Å². The molecule has 0 radical (unpaired) electrons. The molecule has 0 spiro atoms. The Morgan fingerprint density at radius 1 is 1.00 bits per heavy atom. The number of Topliss-reactive ketones (excluding diaryl/α,β-unsaturated/α-hetero) is 1. The number of ketones is 1. The van der Waals surface area contributed by atoms with Crippen molar-refractivity contribution in [2.45, 2.75) is 64.6 Å². The third-order valence-corrected chi connectivity index (χ3v) is 6.20. The van der Waals surface area contributed by atoms with Crippen LogP contribution in [0.4, 0.5) is 0 Å². The second kappa shape index (κ2) is 9.69. The summed E-state index contributed by atoms with van der Waals surface area (Å²) in [5, 5.41) is 11.2. The van der Waals surface area contributed by atoms with Gasteiger partial charge in [-0.2, -0.15) is 0 Å². The van der Waals surface area contributed by atoms with Crippen molar-refractivity contribution in [1.82, 2.24) is 4.90 Å². The van der Waals surface area contributed by atoms with Crippen LogP contribution in [-0.4, -0.2) is 40.4 Å². The first-order valence-corrected chi connectivity index (χ1v) is 11.7. The molecule has 1 atom stereocenters. The minimum absolute atomic E-state index is 0.0105. The zero-order valence-corrected chi connectivity index (χ0v) is 19.4. The molecule has 1 N–H and O–H groups in total. The van der Waals surface area contributed by atoms with Crippen LogP contribution in [0.3, 0.4) is 0 Å². The Balaban J connectivity index is 1.78. The van der Waals surface area contributed by atoms with E-state index in [1.807, 2.05) is 45.0 Å². The third kappa shape index (κ3) is 4.61. The first-order valence-electron chi connectivity index (χ1n) is 11.7. The average molecular weight is 450 g/mol. The van der Waals surface area contributed by atoms with Crippen LogP contribution < -0.4 is 9.47 Å². The summed E-state index contributed by atoms with van der Waals surface area (Å²) in [5.74, 6) is 0.0583. The average Bonchev–Trinajstić information content (AvgIpc) is 3.41. The molecule has 0 bridgehead atoms. The number of benzene rings is 2. The van der Waals surface area contributed by atoms with Gasteiger partial charge in [-0.15, -0.1) is 0 Å². The molecule has 174 valence electrons. The summed E-state index contributed by atoms with van der Waals surface area (Å²) in [6.07, 6.45) is 3.82. The molecule has 2 aromatic carbocycles. The molecule has 1 amide bonds. The second-order valence-electron chi connectivity index (χ2n) is 8.84. The maximum atomic E-state index is 13.2. The number of nitrogens with zero attached hydrogens (tertiary/aromatic N) is 1. The Morgan fingerprint density at radius 2 is 1.61 bits per heavy atom. The van der Waals surface area contributed by atoms with Gasteiger partial charge in [0.25, 0.3) is 11.7 Å². The van der Waals surface area contributed by atoms with Crippen LogP contribution in [0.25, 0.3) is 5.76 Å². The van der Waals surface area contributed by atoms with E-state index in [-0.39, 0.29) is 23.5 Å². The number of carbonyl (C=O) groups is 2. The van der Waals surface area contributed by atoms with Gasteiger partial charge >= 0.3 is 0 Å². The lowest BCUT2D eigenvalue weighted by atomic mass is 9.94. The Hall–Kier alpha value is -3.28. The maximum absolute atomic E-state index is 13.2. The van der Waals surface area contributed by atoms with E-state index in [1.165, 1.54) is 0 Å². The van der Waals surface area contributed by atoms with Gasteiger partial charge in [-0.3, -0.25) is 9.59 Å². The second-order valence-corrected chi connectivity index (χ2v) is 8.84. The predicted octanol–water partition coefficient (Wildman–Crippen LogP) is 5.24. The van der Waals surface area contributed by atoms with Crippen molar-refractivity contribution in [1.29, 1.82) is 0 Å². The number of amides is 1. The zero-order valence-electron chi connectivity index (χ0n) is 19.4. The highest BCUT2D eigenvalue weighted by molar-refractivity contribution is 6.46. The highest BCUT2D eigenvalue weighted by atomic mass is 16.5. The van der Waals surface area contributed by atoms with Gasteiger partial charge < -0.3 is 19.5 Å². The SMILES string of the molecule is CCOc1ccc(/C(O)=C2/C(=O)C(=O)N(C3CCCC3)C2c2ccc(OC(C)C)cc2)cc1. The fourth-order valence-corrected chi connectivity index (χ4v) is 4.77.